The Morgan fingerprint density at radius 2 is 2.12 bits per heavy atom. The Balaban J connectivity index is 2.08. The summed E-state index contributed by atoms with van der Waals surface area (Å²) < 4.78 is 5.55. The number of benzene rings is 1. The van der Waals surface area contributed by atoms with E-state index in [0.717, 1.165) is 26.0 Å². The van der Waals surface area contributed by atoms with Gasteiger partial charge < -0.3 is 15.2 Å². The number of hydrogen-bond acceptors (Lipinski definition) is 3. The molecule has 3 nitrogen and oxygen atoms in total. The molecule has 1 unspecified atom stereocenters. The molecule has 3 heteroatoms. The fourth-order valence-corrected chi connectivity index (χ4v) is 2.10. The van der Waals surface area contributed by atoms with Gasteiger partial charge in [-0.05, 0) is 24.9 Å². The number of ether oxygens (including phenoxy) is 1. The Morgan fingerprint density at radius 1 is 1.31 bits per heavy atom. The van der Waals surface area contributed by atoms with Crippen LogP contribution in [-0.2, 0) is 11.2 Å². The van der Waals surface area contributed by atoms with Crippen molar-refractivity contribution in [3.8, 4) is 0 Å². The number of rotatable bonds is 3. The van der Waals surface area contributed by atoms with Crippen LogP contribution >= 0.6 is 0 Å². The Labute approximate surface area is 96.4 Å². The maximum Gasteiger partial charge on any atom is 0.0691 e. The molecular formula is C13H19NO2. The molecule has 0 bridgehead atoms. The molecule has 1 aromatic rings. The van der Waals surface area contributed by atoms with Crippen LogP contribution in [0, 0.1) is 0 Å². The minimum atomic E-state index is -0.308. The molecule has 0 saturated carbocycles. The third kappa shape index (κ3) is 2.82. The summed E-state index contributed by atoms with van der Waals surface area (Å²) in [6.07, 6.45) is 1.82. The van der Waals surface area contributed by atoms with Gasteiger partial charge in [0.2, 0.25) is 0 Å². The van der Waals surface area contributed by atoms with Crippen LogP contribution in [0.25, 0.3) is 0 Å². The third-order valence-corrected chi connectivity index (χ3v) is 3.03. The van der Waals surface area contributed by atoms with Gasteiger partial charge in [-0.15, -0.1) is 0 Å². The van der Waals surface area contributed by atoms with Crippen LogP contribution in [0.15, 0.2) is 30.3 Å². The monoisotopic (exact) mass is 221 g/mol. The lowest BCUT2D eigenvalue weighted by Gasteiger charge is -2.31. The lowest BCUT2D eigenvalue weighted by Crippen LogP contribution is -2.53. The summed E-state index contributed by atoms with van der Waals surface area (Å²) in [6, 6.07) is 10.2. The molecule has 16 heavy (non-hydrogen) atoms. The van der Waals surface area contributed by atoms with Gasteiger partial charge in [0.15, 0.2) is 0 Å². The molecule has 0 aromatic heterocycles. The number of aliphatic hydroxyl groups is 1. The molecule has 0 amide bonds. The van der Waals surface area contributed by atoms with Gasteiger partial charge in [0.05, 0.1) is 18.8 Å². The summed E-state index contributed by atoms with van der Waals surface area (Å²) >= 11 is 0. The van der Waals surface area contributed by atoms with E-state index in [1.54, 1.807) is 0 Å². The average molecular weight is 221 g/mol. The van der Waals surface area contributed by atoms with Gasteiger partial charge >= 0.3 is 0 Å². The van der Waals surface area contributed by atoms with E-state index in [-0.39, 0.29) is 12.1 Å². The van der Waals surface area contributed by atoms with E-state index >= 15 is 0 Å². The van der Waals surface area contributed by atoms with E-state index < -0.39 is 0 Å². The molecule has 0 radical (unpaired) electrons. The molecule has 1 aliphatic heterocycles. The van der Waals surface area contributed by atoms with Crippen molar-refractivity contribution in [2.24, 2.45) is 0 Å². The number of aliphatic hydroxyl groups excluding tert-OH is 1. The Kier molecular flexibility index (Phi) is 3.93. The Hall–Kier alpha value is -0.900. The zero-order valence-electron chi connectivity index (χ0n) is 9.48. The molecular weight excluding hydrogens is 202 g/mol. The van der Waals surface area contributed by atoms with E-state index in [4.69, 9.17) is 4.74 Å². The highest BCUT2D eigenvalue weighted by Crippen LogP contribution is 2.16. The fraction of sp³-hybridized carbons (Fsp3) is 0.538. The second-order valence-electron chi connectivity index (χ2n) is 4.43. The molecule has 1 heterocycles. The smallest absolute Gasteiger partial charge is 0.0691 e. The average Bonchev–Trinajstić information content (AvgIpc) is 2.57. The van der Waals surface area contributed by atoms with Gasteiger partial charge in [0, 0.05) is 6.61 Å². The first-order valence-corrected chi connectivity index (χ1v) is 5.82. The zero-order chi connectivity index (χ0) is 11.3. The van der Waals surface area contributed by atoms with Crippen molar-refractivity contribution in [2.75, 3.05) is 26.4 Å². The van der Waals surface area contributed by atoms with Crippen molar-refractivity contribution < 1.29 is 9.84 Å². The first-order valence-electron chi connectivity index (χ1n) is 5.82. The molecule has 2 N–H and O–H groups in total. The standard InChI is InChI=1S/C13H19NO2/c15-10-13(11-16-8-4-7-14-13)9-12-5-2-1-3-6-12/h1-3,5-6,14-15H,4,7-11H2. The Bertz CT molecular complexity index is 305. The molecule has 1 aliphatic rings. The maximum atomic E-state index is 9.59. The van der Waals surface area contributed by atoms with Crippen LogP contribution in [0.5, 0.6) is 0 Å². The number of nitrogens with one attached hydrogen (secondary N) is 1. The topological polar surface area (TPSA) is 41.5 Å². The second-order valence-corrected chi connectivity index (χ2v) is 4.43. The van der Waals surface area contributed by atoms with E-state index in [1.807, 2.05) is 18.2 Å². The second kappa shape index (κ2) is 5.43. The third-order valence-electron chi connectivity index (χ3n) is 3.03. The molecule has 1 atom stereocenters. The van der Waals surface area contributed by atoms with Crippen LogP contribution in [0.2, 0.25) is 0 Å². The van der Waals surface area contributed by atoms with Gasteiger partial charge in [-0.3, -0.25) is 0 Å². The van der Waals surface area contributed by atoms with Crippen LogP contribution in [-0.4, -0.2) is 37.0 Å². The Morgan fingerprint density at radius 3 is 2.88 bits per heavy atom. The SMILES string of the molecule is OCC1(Cc2ccccc2)COCCCN1. The van der Waals surface area contributed by atoms with E-state index in [1.165, 1.54) is 5.56 Å². The van der Waals surface area contributed by atoms with Crippen molar-refractivity contribution in [3.63, 3.8) is 0 Å². The zero-order valence-corrected chi connectivity index (χ0v) is 9.48. The van der Waals surface area contributed by atoms with Crippen molar-refractivity contribution in [1.29, 1.82) is 0 Å². The molecule has 0 aliphatic carbocycles. The van der Waals surface area contributed by atoms with Gasteiger partial charge in [0.1, 0.15) is 0 Å². The van der Waals surface area contributed by atoms with Crippen molar-refractivity contribution in [1.82, 2.24) is 5.32 Å². The van der Waals surface area contributed by atoms with Crippen LogP contribution in [0.4, 0.5) is 0 Å². The molecule has 88 valence electrons. The minimum Gasteiger partial charge on any atom is -0.394 e. The summed E-state index contributed by atoms with van der Waals surface area (Å²) in [7, 11) is 0. The first kappa shape index (κ1) is 11.6. The summed E-state index contributed by atoms with van der Waals surface area (Å²) in [5.74, 6) is 0. The molecule has 1 fully saturated rings. The lowest BCUT2D eigenvalue weighted by molar-refractivity contribution is 0.0566. The van der Waals surface area contributed by atoms with E-state index in [2.05, 4.69) is 17.4 Å². The van der Waals surface area contributed by atoms with Crippen LogP contribution in [0.3, 0.4) is 0 Å². The van der Waals surface area contributed by atoms with E-state index in [0.29, 0.717) is 6.61 Å². The summed E-state index contributed by atoms with van der Waals surface area (Å²) in [5.41, 5.74) is 0.923. The first-order chi connectivity index (χ1) is 7.85. The highest BCUT2D eigenvalue weighted by Gasteiger charge is 2.30. The quantitative estimate of drug-likeness (QED) is 0.799. The maximum absolute atomic E-state index is 9.59. The molecule has 1 saturated heterocycles. The summed E-state index contributed by atoms with van der Waals surface area (Å²) in [5, 5.41) is 13.0. The molecule has 2 rings (SSSR count). The predicted octanol–water partition coefficient (Wildman–Crippen LogP) is 0.970. The highest BCUT2D eigenvalue weighted by molar-refractivity contribution is 5.18. The summed E-state index contributed by atoms with van der Waals surface area (Å²) in [6.45, 7) is 2.39. The minimum absolute atomic E-state index is 0.113. The van der Waals surface area contributed by atoms with Crippen molar-refractivity contribution >= 4 is 0 Å². The van der Waals surface area contributed by atoms with Gasteiger partial charge in [-0.2, -0.15) is 0 Å². The van der Waals surface area contributed by atoms with E-state index in [9.17, 15) is 5.11 Å². The van der Waals surface area contributed by atoms with Crippen LogP contribution < -0.4 is 5.32 Å². The fourth-order valence-electron chi connectivity index (χ4n) is 2.10. The molecule has 0 spiro atoms. The van der Waals surface area contributed by atoms with Gasteiger partial charge in [-0.25, -0.2) is 0 Å². The normalized spacial score (nSPS) is 26.3. The largest absolute Gasteiger partial charge is 0.394 e. The predicted molar refractivity (Wildman–Crippen MR) is 63.4 cm³/mol. The van der Waals surface area contributed by atoms with Crippen LogP contribution in [0.1, 0.15) is 12.0 Å². The van der Waals surface area contributed by atoms with Crippen molar-refractivity contribution in [2.45, 2.75) is 18.4 Å². The lowest BCUT2D eigenvalue weighted by atomic mass is 9.92. The highest BCUT2D eigenvalue weighted by atomic mass is 16.5. The summed E-state index contributed by atoms with van der Waals surface area (Å²) in [4.78, 5) is 0. The number of hydrogen-bond donors (Lipinski definition) is 2. The van der Waals surface area contributed by atoms with Gasteiger partial charge in [0.25, 0.3) is 0 Å². The molecule has 1 aromatic carbocycles. The van der Waals surface area contributed by atoms with Crippen molar-refractivity contribution in [3.05, 3.63) is 35.9 Å². The van der Waals surface area contributed by atoms with Gasteiger partial charge in [-0.1, -0.05) is 30.3 Å².